The highest BCUT2D eigenvalue weighted by molar-refractivity contribution is 7.99. The average molecular weight is 412 g/mol. The lowest BCUT2D eigenvalue weighted by molar-refractivity contribution is 0.213. The smallest absolute Gasteiger partial charge is 0.214 e. The SMILES string of the molecule is OC(CNc1ccccc1Cl)CSc1nnnn1-c1cccc2ccccc12. The number of nitrogens with one attached hydrogen (secondary N) is 1. The van der Waals surface area contributed by atoms with E-state index in [-0.39, 0.29) is 0 Å². The minimum atomic E-state index is -0.584. The minimum absolute atomic E-state index is 0.382. The summed E-state index contributed by atoms with van der Waals surface area (Å²) in [6.07, 6.45) is -0.584. The number of hydrogen-bond donors (Lipinski definition) is 2. The lowest BCUT2D eigenvalue weighted by Gasteiger charge is -2.13. The molecule has 0 aliphatic carbocycles. The Labute approximate surface area is 171 Å². The second kappa shape index (κ2) is 8.60. The first-order valence-electron chi connectivity index (χ1n) is 8.78. The van der Waals surface area contributed by atoms with Crippen LogP contribution in [0.2, 0.25) is 5.02 Å². The second-order valence-electron chi connectivity index (χ2n) is 6.20. The molecule has 0 spiro atoms. The van der Waals surface area contributed by atoms with Crippen LogP contribution in [0, 0.1) is 0 Å². The molecular formula is C20H18ClN5OS. The summed E-state index contributed by atoms with van der Waals surface area (Å²) in [5.41, 5.74) is 1.71. The van der Waals surface area contributed by atoms with Gasteiger partial charge in [0.25, 0.3) is 0 Å². The molecule has 0 fully saturated rings. The first kappa shape index (κ1) is 18.7. The van der Waals surface area contributed by atoms with Crippen LogP contribution in [0.1, 0.15) is 0 Å². The van der Waals surface area contributed by atoms with Crippen LogP contribution in [0.25, 0.3) is 16.5 Å². The molecule has 1 aromatic heterocycles. The molecule has 0 aliphatic rings. The van der Waals surface area contributed by atoms with Crippen molar-refractivity contribution < 1.29 is 5.11 Å². The molecule has 0 saturated carbocycles. The van der Waals surface area contributed by atoms with Crippen LogP contribution in [0.5, 0.6) is 0 Å². The molecule has 0 saturated heterocycles. The fourth-order valence-electron chi connectivity index (χ4n) is 2.88. The highest BCUT2D eigenvalue weighted by Gasteiger charge is 2.14. The number of rotatable bonds is 7. The van der Waals surface area contributed by atoms with Crippen LogP contribution in [0.4, 0.5) is 5.69 Å². The van der Waals surface area contributed by atoms with E-state index in [1.54, 1.807) is 4.68 Å². The van der Waals surface area contributed by atoms with Crippen molar-refractivity contribution in [2.45, 2.75) is 11.3 Å². The maximum Gasteiger partial charge on any atom is 0.214 e. The van der Waals surface area contributed by atoms with Gasteiger partial charge < -0.3 is 10.4 Å². The minimum Gasteiger partial charge on any atom is -0.390 e. The topological polar surface area (TPSA) is 75.9 Å². The zero-order valence-corrected chi connectivity index (χ0v) is 16.4. The summed E-state index contributed by atoms with van der Waals surface area (Å²) in [7, 11) is 0. The Morgan fingerprint density at radius 1 is 1.04 bits per heavy atom. The number of anilines is 1. The van der Waals surface area contributed by atoms with Crippen molar-refractivity contribution in [2.24, 2.45) is 0 Å². The molecule has 0 radical (unpaired) electrons. The third kappa shape index (κ3) is 4.11. The summed E-state index contributed by atoms with van der Waals surface area (Å²) < 4.78 is 1.71. The van der Waals surface area contributed by atoms with Crippen molar-refractivity contribution in [3.05, 3.63) is 71.8 Å². The molecule has 0 bridgehead atoms. The number of thioether (sulfide) groups is 1. The Kier molecular flexibility index (Phi) is 5.76. The molecule has 0 amide bonds. The third-order valence-corrected chi connectivity index (χ3v) is 5.64. The maximum absolute atomic E-state index is 10.3. The molecule has 1 atom stereocenters. The van der Waals surface area contributed by atoms with Gasteiger partial charge in [-0.1, -0.05) is 71.9 Å². The van der Waals surface area contributed by atoms with Gasteiger partial charge in [0.2, 0.25) is 5.16 Å². The van der Waals surface area contributed by atoms with Gasteiger partial charge in [-0.25, -0.2) is 0 Å². The number of aliphatic hydroxyl groups excluding tert-OH is 1. The molecule has 142 valence electrons. The fourth-order valence-corrected chi connectivity index (χ4v) is 3.89. The average Bonchev–Trinajstić information content (AvgIpc) is 3.19. The van der Waals surface area contributed by atoms with Crippen LogP contribution in [-0.4, -0.2) is 43.7 Å². The predicted octanol–water partition coefficient (Wildman–Crippen LogP) is 4.03. The molecule has 28 heavy (non-hydrogen) atoms. The normalized spacial score (nSPS) is 12.2. The highest BCUT2D eigenvalue weighted by Crippen LogP contribution is 2.26. The van der Waals surface area contributed by atoms with Crippen LogP contribution in [-0.2, 0) is 0 Å². The molecule has 4 aromatic rings. The second-order valence-corrected chi connectivity index (χ2v) is 7.59. The van der Waals surface area contributed by atoms with E-state index in [4.69, 9.17) is 11.6 Å². The van der Waals surface area contributed by atoms with Crippen molar-refractivity contribution in [3.63, 3.8) is 0 Å². The van der Waals surface area contributed by atoms with Gasteiger partial charge in [0.15, 0.2) is 0 Å². The monoisotopic (exact) mass is 411 g/mol. The number of hydrogen-bond acceptors (Lipinski definition) is 6. The van der Waals surface area contributed by atoms with Crippen LogP contribution in [0.15, 0.2) is 71.9 Å². The van der Waals surface area contributed by atoms with Gasteiger partial charge in [0.1, 0.15) is 0 Å². The molecule has 6 nitrogen and oxygen atoms in total. The maximum atomic E-state index is 10.3. The molecule has 4 rings (SSSR count). The highest BCUT2D eigenvalue weighted by atomic mass is 35.5. The number of benzene rings is 3. The Balaban J connectivity index is 1.44. The van der Waals surface area contributed by atoms with Crippen molar-refractivity contribution >= 4 is 39.8 Å². The van der Waals surface area contributed by atoms with E-state index >= 15 is 0 Å². The Morgan fingerprint density at radius 2 is 1.82 bits per heavy atom. The van der Waals surface area contributed by atoms with E-state index < -0.39 is 6.10 Å². The van der Waals surface area contributed by atoms with E-state index in [1.807, 2.05) is 54.6 Å². The van der Waals surface area contributed by atoms with E-state index in [1.165, 1.54) is 11.8 Å². The van der Waals surface area contributed by atoms with Gasteiger partial charge in [-0.2, -0.15) is 4.68 Å². The summed E-state index contributed by atoms with van der Waals surface area (Å²) >= 11 is 7.53. The molecule has 8 heteroatoms. The van der Waals surface area contributed by atoms with Crippen LogP contribution >= 0.6 is 23.4 Å². The predicted molar refractivity (Wildman–Crippen MR) is 113 cm³/mol. The van der Waals surface area contributed by atoms with Gasteiger partial charge in [-0.15, -0.1) is 5.10 Å². The molecule has 1 heterocycles. The van der Waals surface area contributed by atoms with Gasteiger partial charge in [-0.3, -0.25) is 0 Å². The number of nitrogens with zero attached hydrogens (tertiary/aromatic N) is 4. The number of aromatic nitrogens is 4. The fraction of sp³-hybridized carbons (Fsp3) is 0.150. The molecular weight excluding hydrogens is 394 g/mol. The Hall–Kier alpha value is -2.61. The number of halogens is 1. The summed E-state index contributed by atoms with van der Waals surface area (Å²) in [5.74, 6) is 0.447. The van der Waals surface area contributed by atoms with Crippen LogP contribution in [0.3, 0.4) is 0 Å². The summed E-state index contributed by atoms with van der Waals surface area (Å²) in [5, 5.41) is 29.0. The van der Waals surface area contributed by atoms with E-state index in [2.05, 4.69) is 33.0 Å². The van der Waals surface area contributed by atoms with Gasteiger partial charge in [0.05, 0.1) is 22.5 Å². The molecule has 0 aliphatic heterocycles. The van der Waals surface area contributed by atoms with Crippen LogP contribution < -0.4 is 5.32 Å². The lowest BCUT2D eigenvalue weighted by Crippen LogP contribution is -2.22. The molecule has 2 N–H and O–H groups in total. The van der Waals surface area contributed by atoms with Gasteiger partial charge in [0, 0.05) is 17.7 Å². The number of para-hydroxylation sites is 1. The summed E-state index contributed by atoms with van der Waals surface area (Å²) in [6, 6.07) is 21.6. The van der Waals surface area contributed by atoms with E-state index in [9.17, 15) is 5.11 Å². The van der Waals surface area contributed by atoms with E-state index in [0.717, 1.165) is 22.1 Å². The Bertz CT molecular complexity index is 1080. The zero-order valence-electron chi connectivity index (χ0n) is 14.9. The number of fused-ring (bicyclic) bond motifs is 1. The standard InChI is InChI=1S/C20H18ClN5OS/c21-17-9-3-4-10-18(17)22-12-15(27)13-28-20-23-24-25-26(20)19-11-5-7-14-6-1-2-8-16(14)19/h1-11,15,22,27H,12-13H2. The molecule has 3 aromatic carbocycles. The summed E-state index contributed by atoms with van der Waals surface area (Å²) in [6.45, 7) is 0.382. The quantitative estimate of drug-likeness (QED) is 0.447. The van der Waals surface area contributed by atoms with E-state index in [0.29, 0.717) is 22.5 Å². The number of aliphatic hydroxyl groups is 1. The summed E-state index contributed by atoms with van der Waals surface area (Å²) in [4.78, 5) is 0. The lowest BCUT2D eigenvalue weighted by atomic mass is 10.1. The van der Waals surface area contributed by atoms with Crippen molar-refractivity contribution in [2.75, 3.05) is 17.6 Å². The van der Waals surface area contributed by atoms with Gasteiger partial charge >= 0.3 is 0 Å². The first-order valence-corrected chi connectivity index (χ1v) is 10.1. The zero-order chi connectivity index (χ0) is 19.3. The molecule has 1 unspecified atom stereocenters. The first-order chi connectivity index (χ1) is 13.7. The van der Waals surface area contributed by atoms with Gasteiger partial charge in [-0.05, 0) is 34.0 Å². The van der Waals surface area contributed by atoms with Crippen molar-refractivity contribution in [1.82, 2.24) is 20.2 Å². The number of tetrazole rings is 1. The van der Waals surface area contributed by atoms with Crippen molar-refractivity contribution in [1.29, 1.82) is 0 Å². The Morgan fingerprint density at radius 3 is 2.71 bits per heavy atom. The third-order valence-electron chi connectivity index (χ3n) is 4.24. The van der Waals surface area contributed by atoms with Crippen molar-refractivity contribution in [3.8, 4) is 5.69 Å². The largest absolute Gasteiger partial charge is 0.390 e.